The van der Waals surface area contributed by atoms with Crippen LogP contribution in [0.4, 0.5) is 0 Å². The zero-order chi connectivity index (χ0) is 26.1. The lowest BCUT2D eigenvalue weighted by atomic mass is 9.97. The number of carbonyl (C=O) groups excluding carboxylic acids is 2. The zero-order valence-corrected chi connectivity index (χ0v) is 21.5. The lowest BCUT2D eigenvalue weighted by molar-refractivity contribution is -0.141. The van der Waals surface area contributed by atoms with Gasteiger partial charge in [0.2, 0.25) is 0 Å². The van der Waals surface area contributed by atoms with Crippen molar-refractivity contribution in [1.82, 2.24) is 0 Å². The highest BCUT2D eigenvalue weighted by Gasteiger charge is 2.25. The topological polar surface area (TPSA) is 110 Å². The minimum absolute atomic E-state index is 0.00935. The Bertz CT molecular complexity index is 791. The van der Waals surface area contributed by atoms with Crippen LogP contribution in [0.25, 0.3) is 0 Å². The van der Waals surface area contributed by atoms with E-state index in [4.69, 9.17) is 14.6 Å². The van der Waals surface area contributed by atoms with E-state index in [9.17, 15) is 19.5 Å². The molecule has 1 aromatic carbocycles. The second-order valence-corrected chi connectivity index (χ2v) is 9.42. The van der Waals surface area contributed by atoms with Crippen LogP contribution >= 0.6 is 0 Å². The predicted molar refractivity (Wildman–Crippen MR) is 136 cm³/mol. The Balaban J connectivity index is 2.56. The Hall–Kier alpha value is -2.67. The minimum Gasteiger partial charge on any atom is -0.487 e. The fraction of sp³-hybridized carbons (Fsp3) is 0.607. The van der Waals surface area contributed by atoms with Gasteiger partial charge in [-0.1, -0.05) is 64.7 Å². The Kier molecular flexibility index (Phi) is 14.6. The highest BCUT2D eigenvalue weighted by molar-refractivity contribution is 6.01. The molecule has 0 saturated heterocycles. The van der Waals surface area contributed by atoms with Gasteiger partial charge in [0.15, 0.2) is 5.78 Å². The molecule has 1 aromatic rings. The van der Waals surface area contributed by atoms with E-state index in [1.54, 1.807) is 24.3 Å². The van der Waals surface area contributed by atoms with Crippen LogP contribution in [0.2, 0.25) is 0 Å². The smallest absolute Gasteiger partial charge is 0.331 e. The highest BCUT2D eigenvalue weighted by atomic mass is 16.6. The molecular weight excluding hydrogens is 448 g/mol. The molecule has 0 radical (unpaired) electrons. The molecule has 196 valence electrons. The maximum absolute atomic E-state index is 12.2. The number of carboxylic acids is 1. The molecule has 7 nitrogen and oxygen atoms in total. The summed E-state index contributed by atoms with van der Waals surface area (Å²) in [6.45, 7) is 5.09. The number of rotatable bonds is 19. The summed E-state index contributed by atoms with van der Waals surface area (Å²) in [5, 5.41) is 18.6. The first-order valence-corrected chi connectivity index (χ1v) is 12.7. The fourth-order valence-electron chi connectivity index (χ4n) is 3.63. The number of hydrogen-bond donors (Lipinski definition) is 2. The standard InChI is InChI=1S/C28H42O7/c1-4-5-6-7-8-9-10-11-12-13-14-24(21-34-26(31)20-19-25(29)30)35-23-17-15-22(16-18-23)27(32)28(2,3)33/h15-20,24,33H,4-14,21H2,1-3H3,(H,29,30)/b20-19+. The van der Waals surface area contributed by atoms with Crippen LogP contribution in [0.1, 0.15) is 102 Å². The first-order chi connectivity index (χ1) is 16.6. The van der Waals surface area contributed by atoms with Crippen LogP contribution in [-0.4, -0.2) is 46.2 Å². The normalized spacial score (nSPS) is 12.5. The van der Waals surface area contributed by atoms with Gasteiger partial charge < -0.3 is 19.7 Å². The SMILES string of the molecule is CCCCCCCCCCCCC(COC(=O)/C=C/C(=O)O)Oc1ccc(C(=O)C(C)(C)O)cc1. The molecule has 0 aliphatic rings. The largest absolute Gasteiger partial charge is 0.487 e. The van der Waals surface area contributed by atoms with Gasteiger partial charge in [-0.05, 0) is 51.0 Å². The molecule has 0 spiro atoms. The van der Waals surface area contributed by atoms with E-state index in [1.165, 1.54) is 58.8 Å². The summed E-state index contributed by atoms with van der Waals surface area (Å²) in [5.41, 5.74) is -1.08. The van der Waals surface area contributed by atoms with Gasteiger partial charge in [0.05, 0.1) is 0 Å². The molecule has 0 bridgehead atoms. The lowest BCUT2D eigenvalue weighted by Gasteiger charge is -2.20. The Morgan fingerprint density at radius 1 is 0.886 bits per heavy atom. The van der Waals surface area contributed by atoms with Gasteiger partial charge in [0, 0.05) is 17.7 Å². The molecule has 1 atom stereocenters. The molecule has 0 aliphatic carbocycles. The average molecular weight is 491 g/mol. The molecule has 0 amide bonds. The van der Waals surface area contributed by atoms with E-state index in [0.29, 0.717) is 17.7 Å². The number of ether oxygens (including phenoxy) is 2. The monoisotopic (exact) mass is 490 g/mol. The quantitative estimate of drug-likeness (QED) is 0.108. The lowest BCUT2D eigenvalue weighted by Crippen LogP contribution is -2.31. The van der Waals surface area contributed by atoms with Crippen molar-refractivity contribution in [2.24, 2.45) is 0 Å². The van der Waals surface area contributed by atoms with Gasteiger partial charge in [0.25, 0.3) is 0 Å². The number of Topliss-reactive ketones (excluding diaryl/α,β-unsaturated/α-hetero) is 1. The summed E-state index contributed by atoms with van der Waals surface area (Å²) in [4.78, 5) is 34.6. The van der Waals surface area contributed by atoms with Crippen molar-refractivity contribution >= 4 is 17.7 Å². The van der Waals surface area contributed by atoms with Crippen LogP contribution in [0.15, 0.2) is 36.4 Å². The van der Waals surface area contributed by atoms with E-state index in [2.05, 4.69) is 6.92 Å². The summed E-state index contributed by atoms with van der Waals surface area (Å²) < 4.78 is 11.2. The number of benzene rings is 1. The molecule has 0 heterocycles. The summed E-state index contributed by atoms with van der Waals surface area (Å²) in [6.07, 6.45) is 14.0. The number of aliphatic carboxylic acids is 1. The Morgan fingerprint density at radius 2 is 1.43 bits per heavy atom. The number of carbonyl (C=O) groups is 3. The van der Waals surface area contributed by atoms with E-state index >= 15 is 0 Å². The molecule has 2 N–H and O–H groups in total. The molecule has 1 rings (SSSR count). The van der Waals surface area contributed by atoms with E-state index in [0.717, 1.165) is 31.4 Å². The first-order valence-electron chi connectivity index (χ1n) is 12.7. The van der Waals surface area contributed by atoms with Crippen molar-refractivity contribution in [3.05, 3.63) is 42.0 Å². The molecule has 0 aliphatic heterocycles. The number of hydrogen-bond acceptors (Lipinski definition) is 6. The molecule has 0 fully saturated rings. The number of ketones is 1. The van der Waals surface area contributed by atoms with Crippen LogP contribution in [0.3, 0.4) is 0 Å². The zero-order valence-electron chi connectivity index (χ0n) is 21.5. The maximum atomic E-state index is 12.2. The van der Waals surface area contributed by atoms with Crippen molar-refractivity contribution in [2.75, 3.05) is 6.61 Å². The predicted octanol–water partition coefficient (Wildman–Crippen LogP) is 5.88. The number of aliphatic hydroxyl groups is 1. The van der Waals surface area contributed by atoms with Crippen molar-refractivity contribution in [3.63, 3.8) is 0 Å². The van der Waals surface area contributed by atoms with Crippen molar-refractivity contribution in [3.8, 4) is 5.75 Å². The van der Waals surface area contributed by atoms with Gasteiger partial charge >= 0.3 is 11.9 Å². The summed E-state index contributed by atoms with van der Waals surface area (Å²) in [5.74, 6) is -1.83. The average Bonchev–Trinajstić information content (AvgIpc) is 2.81. The molecular formula is C28H42O7. The second kappa shape index (κ2) is 16.9. The third kappa shape index (κ3) is 14.4. The second-order valence-electron chi connectivity index (χ2n) is 9.42. The summed E-state index contributed by atoms with van der Waals surface area (Å²) in [6, 6.07) is 6.48. The van der Waals surface area contributed by atoms with Crippen LogP contribution < -0.4 is 4.74 Å². The minimum atomic E-state index is -1.46. The summed E-state index contributed by atoms with van der Waals surface area (Å²) in [7, 11) is 0. The van der Waals surface area contributed by atoms with E-state index in [1.807, 2.05) is 0 Å². The number of carboxylic acid groups (broad SMARTS) is 1. The van der Waals surface area contributed by atoms with Gasteiger partial charge in [-0.3, -0.25) is 4.79 Å². The molecule has 35 heavy (non-hydrogen) atoms. The Morgan fingerprint density at radius 3 is 1.94 bits per heavy atom. The van der Waals surface area contributed by atoms with Gasteiger partial charge in [-0.25, -0.2) is 9.59 Å². The van der Waals surface area contributed by atoms with Gasteiger partial charge in [-0.2, -0.15) is 0 Å². The van der Waals surface area contributed by atoms with Crippen molar-refractivity contribution in [2.45, 2.75) is 103 Å². The molecule has 1 unspecified atom stereocenters. The van der Waals surface area contributed by atoms with Crippen molar-refractivity contribution in [1.29, 1.82) is 0 Å². The third-order valence-corrected chi connectivity index (χ3v) is 5.63. The van der Waals surface area contributed by atoms with Crippen LogP contribution in [0.5, 0.6) is 5.75 Å². The van der Waals surface area contributed by atoms with E-state index < -0.39 is 23.6 Å². The van der Waals surface area contributed by atoms with Gasteiger partial charge in [0.1, 0.15) is 24.1 Å². The molecule has 0 saturated carbocycles. The first kappa shape index (κ1) is 30.4. The summed E-state index contributed by atoms with van der Waals surface area (Å²) >= 11 is 0. The van der Waals surface area contributed by atoms with Crippen molar-refractivity contribution < 1.29 is 34.1 Å². The maximum Gasteiger partial charge on any atom is 0.331 e. The molecule has 0 aromatic heterocycles. The third-order valence-electron chi connectivity index (χ3n) is 5.63. The van der Waals surface area contributed by atoms with Crippen LogP contribution in [0, 0.1) is 0 Å². The highest BCUT2D eigenvalue weighted by Crippen LogP contribution is 2.20. The number of unbranched alkanes of at least 4 members (excludes halogenated alkanes) is 9. The van der Waals surface area contributed by atoms with Gasteiger partial charge in [-0.15, -0.1) is 0 Å². The van der Waals surface area contributed by atoms with Crippen LogP contribution in [-0.2, 0) is 14.3 Å². The fourth-order valence-corrected chi connectivity index (χ4v) is 3.63. The molecule has 7 heteroatoms. The Labute approximate surface area is 209 Å². The number of esters is 1. The van der Waals surface area contributed by atoms with E-state index in [-0.39, 0.29) is 12.4 Å².